The van der Waals surface area contributed by atoms with Crippen molar-refractivity contribution in [1.29, 1.82) is 0 Å². The van der Waals surface area contributed by atoms with Gasteiger partial charge in [0, 0.05) is 25.2 Å². The highest BCUT2D eigenvalue weighted by molar-refractivity contribution is 5.05. The lowest BCUT2D eigenvalue weighted by molar-refractivity contribution is -0.0551. The Morgan fingerprint density at radius 3 is 3.21 bits per heavy atom. The first-order valence-electron chi connectivity index (χ1n) is 4.84. The van der Waals surface area contributed by atoms with E-state index in [1.807, 2.05) is 6.07 Å². The second-order valence-electron chi connectivity index (χ2n) is 3.54. The Morgan fingerprint density at radius 1 is 1.57 bits per heavy atom. The Bertz CT molecular complexity index is 260. The fourth-order valence-electron chi connectivity index (χ4n) is 1.68. The molecule has 4 nitrogen and oxygen atoms in total. The number of rotatable bonds is 3. The SMILES string of the molecule is OCC1CN(Cc2ccoc2)CCO1. The van der Waals surface area contributed by atoms with Crippen molar-refractivity contribution >= 4 is 0 Å². The smallest absolute Gasteiger partial charge is 0.0947 e. The number of ether oxygens (including phenoxy) is 1. The molecule has 2 rings (SSSR count). The molecule has 14 heavy (non-hydrogen) atoms. The van der Waals surface area contributed by atoms with Crippen molar-refractivity contribution in [3.63, 3.8) is 0 Å². The van der Waals surface area contributed by atoms with Gasteiger partial charge in [-0.1, -0.05) is 0 Å². The first-order chi connectivity index (χ1) is 6.88. The van der Waals surface area contributed by atoms with E-state index in [1.165, 1.54) is 5.56 Å². The third kappa shape index (κ3) is 2.35. The van der Waals surface area contributed by atoms with E-state index >= 15 is 0 Å². The third-order valence-corrected chi connectivity index (χ3v) is 2.41. The maximum Gasteiger partial charge on any atom is 0.0947 e. The zero-order valence-corrected chi connectivity index (χ0v) is 8.06. The van der Waals surface area contributed by atoms with Gasteiger partial charge in [-0.25, -0.2) is 0 Å². The van der Waals surface area contributed by atoms with Gasteiger partial charge in [0.1, 0.15) is 0 Å². The van der Waals surface area contributed by atoms with Gasteiger partial charge in [0.15, 0.2) is 0 Å². The highest BCUT2D eigenvalue weighted by Crippen LogP contribution is 2.10. The van der Waals surface area contributed by atoms with E-state index in [0.717, 1.165) is 19.6 Å². The molecular formula is C10H15NO3. The summed E-state index contributed by atoms with van der Waals surface area (Å²) < 4.78 is 10.4. The van der Waals surface area contributed by atoms with Crippen LogP contribution in [0.1, 0.15) is 5.56 Å². The van der Waals surface area contributed by atoms with Crippen molar-refractivity contribution in [2.24, 2.45) is 0 Å². The molecule has 0 aliphatic carbocycles. The van der Waals surface area contributed by atoms with Gasteiger partial charge in [0.2, 0.25) is 0 Å². The van der Waals surface area contributed by atoms with Crippen molar-refractivity contribution in [3.05, 3.63) is 24.2 Å². The summed E-state index contributed by atoms with van der Waals surface area (Å²) in [7, 11) is 0. The minimum Gasteiger partial charge on any atom is -0.472 e. The maximum atomic E-state index is 8.96. The second kappa shape index (κ2) is 4.59. The zero-order valence-electron chi connectivity index (χ0n) is 8.06. The van der Waals surface area contributed by atoms with Gasteiger partial charge in [-0.2, -0.15) is 0 Å². The van der Waals surface area contributed by atoms with Gasteiger partial charge in [0.05, 0.1) is 31.8 Å². The monoisotopic (exact) mass is 197 g/mol. The van der Waals surface area contributed by atoms with Crippen molar-refractivity contribution in [3.8, 4) is 0 Å². The lowest BCUT2D eigenvalue weighted by Gasteiger charge is -2.31. The molecule has 0 saturated carbocycles. The van der Waals surface area contributed by atoms with Crippen molar-refractivity contribution in [2.45, 2.75) is 12.6 Å². The van der Waals surface area contributed by atoms with Crippen molar-refractivity contribution in [1.82, 2.24) is 4.90 Å². The Morgan fingerprint density at radius 2 is 2.50 bits per heavy atom. The van der Waals surface area contributed by atoms with Crippen LogP contribution < -0.4 is 0 Å². The average Bonchev–Trinajstić information content (AvgIpc) is 2.71. The van der Waals surface area contributed by atoms with E-state index in [9.17, 15) is 0 Å². The number of hydrogen-bond donors (Lipinski definition) is 1. The van der Waals surface area contributed by atoms with Crippen LogP contribution in [-0.4, -0.2) is 42.4 Å². The Hall–Kier alpha value is -0.840. The first-order valence-corrected chi connectivity index (χ1v) is 4.84. The maximum absolute atomic E-state index is 8.96. The van der Waals surface area contributed by atoms with E-state index in [2.05, 4.69) is 4.90 Å². The molecule has 1 aliphatic rings. The van der Waals surface area contributed by atoms with Crippen molar-refractivity contribution in [2.75, 3.05) is 26.3 Å². The van der Waals surface area contributed by atoms with Gasteiger partial charge < -0.3 is 14.3 Å². The van der Waals surface area contributed by atoms with Gasteiger partial charge in [-0.3, -0.25) is 4.90 Å². The number of hydrogen-bond acceptors (Lipinski definition) is 4. The topological polar surface area (TPSA) is 45.8 Å². The largest absolute Gasteiger partial charge is 0.472 e. The fraction of sp³-hybridized carbons (Fsp3) is 0.600. The molecule has 0 aromatic carbocycles. The second-order valence-corrected chi connectivity index (χ2v) is 3.54. The first kappa shape index (κ1) is 9.71. The minimum atomic E-state index is -0.0318. The summed E-state index contributed by atoms with van der Waals surface area (Å²) in [4.78, 5) is 2.26. The van der Waals surface area contributed by atoms with Crippen LogP contribution in [0, 0.1) is 0 Å². The van der Waals surface area contributed by atoms with Crippen molar-refractivity contribution < 1.29 is 14.3 Å². The lowest BCUT2D eigenvalue weighted by Crippen LogP contribution is -2.43. The van der Waals surface area contributed by atoms with Gasteiger partial charge in [0.25, 0.3) is 0 Å². The molecule has 1 aromatic heterocycles. The summed E-state index contributed by atoms with van der Waals surface area (Å²) >= 11 is 0. The van der Waals surface area contributed by atoms with E-state index < -0.39 is 0 Å². The molecule has 1 saturated heterocycles. The fourth-order valence-corrected chi connectivity index (χ4v) is 1.68. The average molecular weight is 197 g/mol. The molecule has 0 amide bonds. The highest BCUT2D eigenvalue weighted by Gasteiger charge is 2.19. The summed E-state index contributed by atoms with van der Waals surface area (Å²) in [5, 5.41) is 8.96. The predicted octanol–water partition coefficient (Wildman–Crippen LogP) is 0.473. The Kier molecular flexibility index (Phi) is 3.18. The van der Waals surface area contributed by atoms with Crippen LogP contribution in [0.4, 0.5) is 0 Å². The molecule has 4 heteroatoms. The lowest BCUT2D eigenvalue weighted by atomic mass is 10.2. The van der Waals surface area contributed by atoms with Crippen LogP contribution in [0.25, 0.3) is 0 Å². The zero-order chi connectivity index (χ0) is 9.80. The number of morpholine rings is 1. The van der Waals surface area contributed by atoms with E-state index in [1.54, 1.807) is 12.5 Å². The van der Waals surface area contributed by atoms with Crippen LogP contribution in [0.5, 0.6) is 0 Å². The van der Waals surface area contributed by atoms with Crippen LogP contribution >= 0.6 is 0 Å². The van der Waals surface area contributed by atoms with Gasteiger partial charge in [-0.05, 0) is 6.07 Å². The standard InChI is InChI=1S/C10H15NO3/c12-7-10-6-11(2-4-14-10)5-9-1-3-13-8-9/h1,3,8,10,12H,2,4-7H2. The number of aliphatic hydroxyl groups excluding tert-OH is 1. The Labute approximate surface area is 83.1 Å². The molecule has 0 bridgehead atoms. The van der Waals surface area contributed by atoms with E-state index in [0.29, 0.717) is 6.61 Å². The van der Waals surface area contributed by atoms with E-state index in [4.69, 9.17) is 14.3 Å². The summed E-state index contributed by atoms with van der Waals surface area (Å²) in [5.74, 6) is 0. The third-order valence-electron chi connectivity index (χ3n) is 2.41. The van der Waals surface area contributed by atoms with Crippen LogP contribution in [0.3, 0.4) is 0 Å². The molecular weight excluding hydrogens is 182 g/mol. The molecule has 0 spiro atoms. The Balaban J connectivity index is 1.86. The number of furan rings is 1. The van der Waals surface area contributed by atoms with Gasteiger partial charge >= 0.3 is 0 Å². The molecule has 1 aliphatic heterocycles. The molecule has 1 N–H and O–H groups in total. The molecule has 1 aromatic rings. The quantitative estimate of drug-likeness (QED) is 0.765. The molecule has 1 atom stereocenters. The molecule has 1 fully saturated rings. The van der Waals surface area contributed by atoms with Crippen LogP contribution in [0.2, 0.25) is 0 Å². The van der Waals surface area contributed by atoms with E-state index in [-0.39, 0.29) is 12.7 Å². The highest BCUT2D eigenvalue weighted by atomic mass is 16.5. The van der Waals surface area contributed by atoms with Crippen LogP contribution in [0.15, 0.2) is 23.0 Å². The molecule has 1 unspecified atom stereocenters. The van der Waals surface area contributed by atoms with Crippen LogP contribution in [-0.2, 0) is 11.3 Å². The normalized spacial score (nSPS) is 23.9. The molecule has 0 radical (unpaired) electrons. The molecule has 2 heterocycles. The summed E-state index contributed by atoms with van der Waals surface area (Å²) in [6, 6.07) is 1.96. The van der Waals surface area contributed by atoms with Gasteiger partial charge in [-0.15, -0.1) is 0 Å². The summed E-state index contributed by atoms with van der Waals surface area (Å²) in [6.45, 7) is 3.38. The minimum absolute atomic E-state index is 0.0318. The number of aliphatic hydroxyl groups is 1. The number of nitrogens with zero attached hydrogens (tertiary/aromatic N) is 1. The summed E-state index contributed by atoms with van der Waals surface area (Å²) in [6.07, 6.45) is 3.40. The predicted molar refractivity (Wildman–Crippen MR) is 50.8 cm³/mol. The molecule has 78 valence electrons. The summed E-state index contributed by atoms with van der Waals surface area (Å²) in [5.41, 5.74) is 1.17.